The second-order valence-corrected chi connectivity index (χ2v) is 8.61. The number of aliphatic hydroxyl groups is 2. The summed E-state index contributed by atoms with van der Waals surface area (Å²) in [7, 11) is 1.00. The molecule has 0 spiro atoms. The Morgan fingerprint density at radius 1 is 1.16 bits per heavy atom. The van der Waals surface area contributed by atoms with Crippen LogP contribution in [0.2, 0.25) is 0 Å². The van der Waals surface area contributed by atoms with Gasteiger partial charge in [-0.2, -0.15) is 0 Å². The number of halogens is 1. The van der Waals surface area contributed by atoms with Crippen molar-refractivity contribution in [2.24, 2.45) is 17.8 Å². The number of ether oxygens (including phenoxy) is 1. The summed E-state index contributed by atoms with van der Waals surface area (Å²) in [6.45, 7) is 3.87. The molecule has 180 valence electrons. The fraction of sp³-hybridized carbons (Fsp3) is 0.739. The molecule has 2 unspecified atom stereocenters. The van der Waals surface area contributed by atoms with Crippen LogP contribution in [0.3, 0.4) is 0 Å². The Bertz CT molecular complexity index is 562. The molecule has 1 aliphatic carbocycles. The second-order valence-electron chi connectivity index (χ2n) is 8.05. The first-order valence-electron chi connectivity index (χ1n) is 10.9. The summed E-state index contributed by atoms with van der Waals surface area (Å²) in [6.07, 6.45) is 10.8. The number of aliphatic carboxylic acids is 1. The molecule has 0 saturated heterocycles. The third-order valence-electron chi connectivity index (χ3n) is 5.46. The third kappa shape index (κ3) is 13.4. The van der Waals surface area contributed by atoms with Crippen molar-refractivity contribution in [1.29, 1.82) is 0 Å². The lowest BCUT2D eigenvalue weighted by molar-refractivity contribution is -0.137. The van der Waals surface area contributed by atoms with Gasteiger partial charge in [0.1, 0.15) is 6.10 Å². The van der Waals surface area contributed by atoms with Crippen LogP contribution in [0.5, 0.6) is 0 Å². The van der Waals surface area contributed by atoms with Crippen LogP contribution in [0.15, 0.2) is 24.3 Å². The van der Waals surface area contributed by atoms with Crippen LogP contribution < -0.4 is 0 Å². The van der Waals surface area contributed by atoms with Gasteiger partial charge >= 0.3 is 12.1 Å². The maximum Gasteiger partial charge on any atom is 0.506 e. The number of alkyl halides is 1. The van der Waals surface area contributed by atoms with Crippen LogP contribution in [-0.4, -0.2) is 57.2 Å². The normalized spacial score (nSPS) is 25.2. The first kappa shape index (κ1) is 29.4. The zero-order chi connectivity index (χ0) is 23.8. The molecule has 1 saturated carbocycles. The van der Waals surface area contributed by atoms with Gasteiger partial charge in [0.15, 0.2) is 0 Å². The molecule has 0 bridgehead atoms. The predicted octanol–water partition coefficient (Wildman–Crippen LogP) is 4.85. The summed E-state index contributed by atoms with van der Waals surface area (Å²) in [4.78, 5) is 21.5. The summed E-state index contributed by atoms with van der Waals surface area (Å²) in [6, 6.07) is 0. The molecule has 0 aromatic heterocycles. The van der Waals surface area contributed by atoms with Gasteiger partial charge in [0.25, 0.3) is 0 Å². The van der Waals surface area contributed by atoms with Gasteiger partial charge in [0, 0.05) is 18.9 Å². The Labute approximate surface area is 190 Å². The van der Waals surface area contributed by atoms with Crippen LogP contribution in [-0.2, 0) is 9.53 Å². The van der Waals surface area contributed by atoms with Crippen molar-refractivity contribution < 1.29 is 34.8 Å². The highest BCUT2D eigenvalue weighted by atomic mass is 35.5. The van der Waals surface area contributed by atoms with E-state index in [9.17, 15) is 14.7 Å². The monoisotopic (exact) mass is 462 g/mol. The lowest BCUT2D eigenvalue weighted by atomic mass is 9.87. The number of hydrogen-bond donors (Lipinski definition) is 4. The van der Waals surface area contributed by atoms with E-state index in [4.69, 9.17) is 31.7 Å². The number of carbonyl (C=O) groups is 2. The van der Waals surface area contributed by atoms with E-state index >= 15 is 0 Å². The Kier molecular flexibility index (Phi) is 16.2. The number of rotatable bonds is 13. The van der Waals surface area contributed by atoms with Gasteiger partial charge in [-0.05, 0) is 75.7 Å². The zero-order valence-corrected chi connectivity index (χ0v) is 19.6. The molecule has 31 heavy (non-hydrogen) atoms. The molecular formula is C23H39ClO7. The number of unbranched alkanes of at least 4 members (excludes halogenated alkanes) is 1. The molecule has 6 atom stereocenters. The van der Waals surface area contributed by atoms with E-state index in [1.165, 1.54) is 0 Å². The maximum absolute atomic E-state index is 11.0. The van der Waals surface area contributed by atoms with Crippen LogP contribution in [0.1, 0.15) is 65.2 Å². The van der Waals surface area contributed by atoms with Gasteiger partial charge in [0.2, 0.25) is 0 Å². The van der Waals surface area contributed by atoms with E-state index in [2.05, 4.69) is 13.0 Å². The molecule has 1 fully saturated rings. The average molecular weight is 463 g/mol. The predicted molar refractivity (Wildman–Crippen MR) is 121 cm³/mol. The van der Waals surface area contributed by atoms with Crippen LogP contribution in [0, 0.1) is 17.8 Å². The van der Waals surface area contributed by atoms with E-state index in [1.54, 1.807) is 6.92 Å². The van der Waals surface area contributed by atoms with Crippen LogP contribution in [0.4, 0.5) is 4.79 Å². The molecule has 1 rings (SSSR count). The highest BCUT2D eigenvalue weighted by Gasteiger charge is 2.37. The summed E-state index contributed by atoms with van der Waals surface area (Å²) in [5.41, 5.74) is 0. The molecule has 4 N–H and O–H groups in total. The lowest BCUT2D eigenvalue weighted by Crippen LogP contribution is -2.18. The van der Waals surface area contributed by atoms with Crippen molar-refractivity contribution >= 4 is 23.7 Å². The Morgan fingerprint density at radius 2 is 1.84 bits per heavy atom. The standard InChI is InChI=1S/C22H35ClO6.CH4O/c1-15-14-20(23)19(10-5-3-4-6-11-21(25)26)18(15)13-12-17(29-22(27)28)9-7-8-16(2)24;1-2/h3,5,12-13,15-20,24H,4,6-11,14H2,1-2H3,(H,25,26)(H,27,28);2H,1H3/b5-3-,13-12+;/t15-,16?,17+,18+,19-,20?;/m1./s1. The third-order valence-corrected chi connectivity index (χ3v) is 5.96. The van der Waals surface area contributed by atoms with Crippen molar-refractivity contribution in [2.45, 2.75) is 82.8 Å². The van der Waals surface area contributed by atoms with Crippen molar-refractivity contribution in [3.63, 3.8) is 0 Å². The van der Waals surface area contributed by atoms with E-state index < -0.39 is 24.3 Å². The molecule has 0 heterocycles. The molecule has 0 radical (unpaired) electrons. The van der Waals surface area contributed by atoms with Crippen molar-refractivity contribution in [2.75, 3.05) is 7.11 Å². The summed E-state index contributed by atoms with van der Waals surface area (Å²) in [5.74, 6) is 0.0992. The van der Waals surface area contributed by atoms with Gasteiger partial charge in [-0.25, -0.2) is 4.79 Å². The van der Waals surface area contributed by atoms with Gasteiger partial charge in [-0.3, -0.25) is 4.79 Å². The highest BCUT2D eigenvalue weighted by Crippen LogP contribution is 2.43. The van der Waals surface area contributed by atoms with E-state index in [0.717, 1.165) is 26.4 Å². The van der Waals surface area contributed by atoms with Crippen molar-refractivity contribution in [3.8, 4) is 0 Å². The fourth-order valence-electron chi connectivity index (χ4n) is 3.92. The van der Waals surface area contributed by atoms with Gasteiger partial charge < -0.3 is 25.2 Å². The highest BCUT2D eigenvalue weighted by molar-refractivity contribution is 6.21. The maximum atomic E-state index is 11.0. The van der Waals surface area contributed by atoms with Gasteiger partial charge in [-0.15, -0.1) is 11.6 Å². The minimum Gasteiger partial charge on any atom is -0.481 e. The minimum absolute atomic E-state index is 0.0531. The molecule has 0 aromatic rings. The topological polar surface area (TPSA) is 124 Å². The first-order chi connectivity index (χ1) is 14.7. The number of aliphatic hydroxyl groups excluding tert-OH is 2. The quantitative estimate of drug-likeness (QED) is 0.133. The smallest absolute Gasteiger partial charge is 0.481 e. The SMILES string of the molecule is CC(O)CCC[C@@H](/C=C/[C@H]1[C@H](C)CC(Cl)[C@@H]1C/C=C\CCCC(=O)O)OC(=O)O.CO. The molecule has 1 aliphatic rings. The molecule has 0 aromatic carbocycles. The second kappa shape index (κ2) is 17.0. The number of carboxylic acids is 1. The van der Waals surface area contributed by atoms with Crippen LogP contribution in [0.25, 0.3) is 0 Å². The van der Waals surface area contributed by atoms with Crippen molar-refractivity contribution in [1.82, 2.24) is 0 Å². The van der Waals surface area contributed by atoms with E-state index in [1.807, 2.05) is 18.2 Å². The van der Waals surface area contributed by atoms with Gasteiger partial charge in [0.05, 0.1) is 6.10 Å². The number of carboxylic acid groups (broad SMARTS) is 2. The number of hydrogen-bond acceptors (Lipinski definition) is 5. The largest absolute Gasteiger partial charge is 0.506 e. The molecular weight excluding hydrogens is 424 g/mol. The minimum atomic E-state index is -1.30. The number of allylic oxidation sites excluding steroid dienone is 3. The molecule has 7 nitrogen and oxygen atoms in total. The summed E-state index contributed by atoms with van der Waals surface area (Å²) >= 11 is 6.57. The molecule has 0 aliphatic heterocycles. The van der Waals surface area contributed by atoms with Crippen molar-refractivity contribution in [3.05, 3.63) is 24.3 Å². The Hall–Kier alpha value is -1.57. The van der Waals surface area contributed by atoms with Crippen LogP contribution >= 0.6 is 11.6 Å². The Morgan fingerprint density at radius 3 is 2.42 bits per heavy atom. The first-order valence-corrected chi connectivity index (χ1v) is 11.4. The Balaban J connectivity index is 0.00000436. The fourth-order valence-corrected chi connectivity index (χ4v) is 4.47. The van der Waals surface area contributed by atoms with E-state index in [-0.39, 0.29) is 23.6 Å². The summed E-state index contributed by atoms with van der Waals surface area (Å²) < 4.78 is 4.99. The molecule has 0 amide bonds. The zero-order valence-electron chi connectivity index (χ0n) is 18.8. The average Bonchev–Trinajstić information content (AvgIpc) is 2.95. The summed E-state index contributed by atoms with van der Waals surface area (Å²) in [5, 5.41) is 34.1. The molecule has 8 heteroatoms. The van der Waals surface area contributed by atoms with E-state index in [0.29, 0.717) is 31.6 Å². The van der Waals surface area contributed by atoms with Gasteiger partial charge in [-0.1, -0.05) is 25.2 Å². The lowest BCUT2D eigenvalue weighted by Gasteiger charge is -2.21.